The number of nitro groups is 1. The Morgan fingerprint density at radius 2 is 1.69 bits per heavy atom. The van der Waals surface area contributed by atoms with E-state index in [9.17, 15) is 14.9 Å². The predicted molar refractivity (Wildman–Crippen MR) is 116 cm³/mol. The molecule has 2 aliphatic heterocycles. The highest BCUT2D eigenvalue weighted by Gasteiger charge is 2.21. The number of amides is 1. The number of nitro benzene ring substituents is 1. The Bertz CT molecular complexity index is 962. The molecule has 2 aromatic rings. The van der Waals surface area contributed by atoms with Gasteiger partial charge in [0.15, 0.2) is 5.82 Å². The number of non-ortho nitro benzene ring substituents is 1. The Morgan fingerprint density at radius 1 is 1.03 bits per heavy atom. The van der Waals surface area contributed by atoms with Gasteiger partial charge in [0.05, 0.1) is 37.8 Å². The van der Waals surface area contributed by atoms with E-state index in [0.29, 0.717) is 56.7 Å². The lowest BCUT2D eigenvalue weighted by Crippen LogP contribution is -2.41. The van der Waals surface area contributed by atoms with E-state index in [0.717, 1.165) is 19.6 Å². The molecule has 1 amide bonds. The van der Waals surface area contributed by atoms with Crippen LogP contribution < -0.4 is 0 Å². The average molecular weight is 442 g/mol. The maximum atomic E-state index is 12.8. The number of benzene rings is 1. The molecular formula is C21H26N6O5. The SMILES string of the molecule is O=C(Cc1nnc(-c2ccc([N+](=O)[O-])cc2)n1/C=C/CN1CCOCC1)N1CCOCC1. The number of nitrogens with zero attached hydrogens (tertiary/aromatic N) is 6. The largest absolute Gasteiger partial charge is 0.379 e. The highest BCUT2D eigenvalue weighted by molar-refractivity contribution is 5.78. The van der Waals surface area contributed by atoms with Crippen LogP contribution in [0.25, 0.3) is 17.6 Å². The fraction of sp³-hybridized carbons (Fsp3) is 0.476. The number of carbonyl (C=O) groups is 1. The third-order valence-electron chi connectivity index (χ3n) is 5.50. The molecule has 11 heteroatoms. The van der Waals surface area contributed by atoms with Crippen LogP contribution in [-0.2, 0) is 20.7 Å². The van der Waals surface area contributed by atoms with Crippen LogP contribution in [0.4, 0.5) is 5.69 Å². The molecule has 0 N–H and O–H groups in total. The van der Waals surface area contributed by atoms with Crippen LogP contribution in [0.1, 0.15) is 5.82 Å². The zero-order chi connectivity index (χ0) is 22.3. The number of hydrogen-bond acceptors (Lipinski definition) is 8. The van der Waals surface area contributed by atoms with E-state index in [1.54, 1.807) is 21.6 Å². The Balaban J connectivity index is 1.57. The highest BCUT2D eigenvalue weighted by atomic mass is 16.6. The molecular weight excluding hydrogens is 416 g/mol. The molecule has 0 atom stereocenters. The van der Waals surface area contributed by atoms with Crippen LogP contribution in [0.15, 0.2) is 30.3 Å². The molecule has 3 heterocycles. The van der Waals surface area contributed by atoms with Crippen molar-refractivity contribution in [2.45, 2.75) is 6.42 Å². The van der Waals surface area contributed by atoms with Crippen molar-refractivity contribution in [3.8, 4) is 11.4 Å². The first kappa shape index (κ1) is 22.1. The predicted octanol–water partition coefficient (Wildman–Crippen LogP) is 1.06. The van der Waals surface area contributed by atoms with Crippen molar-refractivity contribution in [2.24, 2.45) is 0 Å². The molecule has 170 valence electrons. The topological polar surface area (TPSA) is 116 Å². The van der Waals surface area contributed by atoms with Crippen molar-refractivity contribution in [1.82, 2.24) is 24.6 Å². The normalized spacial score (nSPS) is 17.7. The van der Waals surface area contributed by atoms with E-state index in [1.165, 1.54) is 12.1 Å². The lowest BCUT2D eigenvalue weighted by Gasteiger charge is -2.26. The van der Waals surface area contributed by atoms with Crippen molar-refractivity contribution in [2.75, 3.05) is 59.2 Å². The van der Waals surface area contributed by atoms with Crippen molar-refractivity contribution in [3.63, 3.8) is 0 Å². The summed E-state index contributed by atoms with van der Waals surface area (Å²) in [6.45, 7) is 6.09. The van der Waals surface area contributed by atoms with Gasteiger partial charge in [0.2, 0.25) is 5.91 Å². The van der Waals surface area contributed by atoms with Crippen molar-refractivity contribution in [3.05, 3.63) is 46.3 Å². The molecule has 1 aromatic carbocycles. The van der Waals surface area contributed by atoms with Crippen LogP contribution >= 0.6 is 0 Å². The van der Waals surface area contributed by atoms with Gasteiger partial charge in [0.1, 0.15) is 5.82 Å². The van der Waals surface area contributed by atoms with Gasteiger partial charge in [0, 0.05) is 56.6 Å². The summed E-state index contributed by atoms with van der Waals surface area (Å²) in [7, 11) is 0. The van der Waals surface area contributed by atoms with Gasteiger partial charge in [-0.25, -0.2) is 0 Å². The summed E-state index contributed by atoms with van der Waals surface area (Å²) in [6.07, 6.45) is 3.99. The van der Waals surface area contributed by atoms with E-state index < -0.39 is 4.92 Å². The Morgan fingerprint density at radius 3 is 2.34 bits per heavy atom. The maximum absolute atomic E-state index is 12.8. The van der Waals surface area contributed by atoms with E-state index in [-0.39, 0.29) is 18.0 Å². The molecule has 4 rings (SSSR count). The van der Waals surface area contributed by atoms with E-state index in [1.807, 2.05) is 12.3 Å². The summed E-state index contributed by atoms with van der Waals surface area (Å²) in [4.78, 5) is 27.4. The quantitative estimate of drug-likeness (QED) is 0.462. The van der Waals surface area contributed by atoms with E-state index >= 15 is 0 Å². The molecule has 2 fully saturated rings. The molecule has 0 unspecified atom stereocenters. The summed E-state index contributed by atoms with van der Waals surface area (Å²) in [5.41, 5.74) is 0.689. The minimum Gasteiger partial charge on any atom is -0.379 e. The monoisotopic (exact) mass is 442 g/mol. The van der Waals surface area contributed by atoms with Crippen LogP contribution in [0, 0.1) is 10.1 Å². The van der Waals surface area contributed by atoms with Gasteiger partial charge in [-0.05, 0) is 12.1 Å². The minimum atomic E-state index is -0.441. The van der Waals surface area contributed by atoms with Gasteiger partial charge in [-0.15, -0.1) is 10.2 Å². The van der Waals surface area contributed by atoms with Crippen LogP contribution in [0.5, 0.6) is 0 Å². The Labute approximate surface area is 185 Å². The first-order valence-corrected chi connectivity index (χ1v) is 10.6. The minimum absolute atomic E-state index is 0.00499. The van der Waals surface area contributed by atoms with Gasteiger partial charge < -0.3 is 14.4 Å². The Hall–Kier alpha value is -3.15. The fourth-order valence-corrected chi connectivity index (χ4v) is 3.68. The standard InChI is InChI=1S/C21H26N6O5/c28-20(25-10-14-32-15-11-25)16-19-22-23-21(17-2-4-18(5-3-17)27(29)30)26(19)7-1-6-24-8-12-31-13-9-24/h1-5,7H,6,8-16H2/b7-1+. The van der Waals surface area contributed by atoms with E-state index in [2.05, 4.69) is 15.1 Å². The average Bonchev–Trinajstić information content (AvgIpc) is 3.22. The number of ether oxygens (including phenoxy) is 2. The van der Waals surface area contributed by atoms with Crippen molar-refractivity contribution >= 4 is 17.8 Å². The van der Waals surface area contributed by atoms with Gasteiger partial charge in [0.25, 0.3) is 5.69 Å². The molecule has 0 aliphatic carbocycles. The third-order valence-corrected chi connectivity index (χ3v) is 5.50. The first-order chi connectivity index (χ1) is 15.6. The van der Waals surface area contributed by atoms with Crippen LogP contribution in [-0.4, -0.2) is 94.5 Å². The zero-order valence-corrected chi connectivity index (χ0v) is 17.8. The lowest BCUT2D eigenvalue weighted by atomic mass is 10.2. The zero-order valence-electron chi connectivity index (χ0n) is 17.8. The van der Waals surface area contributed by atoms with Crippen molar-refractivity contribution < 1.29 is 19.2 Å². The van der Waals surface area contributed by atoms with Gasteiger partial charge >= 0.3 is 0 Å². The Kier molecular flexibility index (Phi) is 7.20. The first-order valence-electron chi connectivity index (χ1n) is 10.6. The molecule has 1 aromatic heterocycles. The molecule has 0 spiro atoms. The third kappa shape index (κ3) is 5.36. The molecule has 0 saturated carbocycles. The molecule has 0 bridgehead atoms. The van der Waals surface area contributed by atoms with Gasteiger partial charge in [-0.1, -0.05) is 6.08 Å². The molecule has 11 nitrogen and oxygen atoms in total. The number of aromatic nitrogens is 3. The van der Waals surface area contributed by atoms with Gasteiger partial charge in [-0.2, -0.15) is 0 Å². The summed E-state index contributed by atoms with van der Waals surface area (Å²) in [5.74, 6) is 1.02. The molecule has 2 aliphatic rings. The summed E-state index contributed by atoms with van der Waals surface area (Å²) in [6, 6.07) is 6.15. The second-order valence-corrected chi connectivity index (χ2v) is 7.58. The summed E-state index contributed by atoms with van der Waals surface area (Å²) < 4.78 is 12.5. The maximum Gasteiger partial charge on any atom is 0.269 e. The van der Waals surface area contributed by atoms with Crippen LogP contribution in [0.2, 0.25) is 0 Å². The number of rotatable bonds is 7. The number of morpholine rings is 2. The summed E-state index contributed by atoms with van der Waals surface area (Å²) in [5, 5.41) is 19.5. The molecule has 32 heavy (non-hydrogen) atoms. The van der Waals surface area contributed by atoms with Crippen LogP contribution in [0.3, 0.4) is 0 Å². The fourth-order valence-electron chi connectivity index (χ4n) is 3.68. The second kappa shape index (κ2) is 10.4. The lowest BCUT2D eigenvalue weighted by molar-refractivity contribution is -0.384. The number of carbonyl (C=O) groups excluding carboxylic acids is 1. The number of hydrogen-bond donors (Lipinski definition) is 0. The second-order valence-electron chi connectivity index (χ2n) is 7.58. The highest BCUT2D eigenvalue weighted by Crippen LogP contribution is 2.22. The molecule has 0 radical (unpaired) electrons. The van der Waals surface area contributed by atoms with Gasteiger partial charge in [-0.3, -0.25) is 24.4 Å². The molecule has 2 saturated heterocycles. The summed E-state index contributed by atoms with van der Waals surface area (Å²) >= 11 is 0. The smallest absolute Gasteiger partial charge is 0.269 e. The van der Waals surface area contributed by atoms with E-state index in [4.69, 9.17) is 9.47 Å². The van der Waals surface area contributed by atoms with Crippen molar-refractivity contribution in [1.29, 1.82) is 0 Å².